The summed E-state index contributed by atoms with van der Waals surface area (Å²) >= 11 is 1.48. The molecule has 1 heterocycles. The lowest BCUT2D eigenvalue weighted by atomic mass is 10.2. The lowest BCUT2D eigenvalue weighted by molar-refractivity contribution is -0.133. The van der Waals surface area contributed by atoms with Gasteiger partial charge in [-0.1, -0.05) is 11.9 Å². The van der Waals surface area contributed by atoms with E-state index in [2.05, 4.69) is 4.72 Å². The number of likely N-dealkylation sites (tertiary alicyclic amines) is 1. The number of rotatable bonds is 3. The monoisotopic (exact) mass is 160 g/mol. The largest absolute Gasteiger partial charge is 0.341 e. The number of nitrogens with one attached hydrogen (secondary N) is 1. The molecule has 0 aliphatic carbocycles. The van der Waals surface area contributed by atoms with Gasteiger partial charge in [-0.3, -0.25) is 9.52 Å². The Labute approximate surface area is 65.3 Å². The van der Waals surface area contributed by atoms with Crippen molar-refractivity contribution < 1.29 is 4.79 Å². The van der Waals surface area contributed by atoms with Crippen molar-refractivity contribution in [1.29, 1.82) is 0 Å². The highest BCUT2D eigenvalue weighted by Crippen LogP contribution is 2.04. The van der Waals surface area contributed by atoms with Gasteiger partial charge in [-0.2, -0.15) is 0 Å². The van der Waals surface area contributed by atoms with Gasteiger partial charge in [-0.15, -0.1) is 0 Å². The molecule has 1 fully saturated rings. The average Bonchev–Trinajstić information content (AvgIpc) is 1.79. The normalized spacial score (nSPS) is 16.7. The number of nitrogens with zero attached hydrogens (tertiary/aromatic N) is 1. The van der Waals surface area contributed by atoms with Crippen molar-refractivity contribution in [1.82, 2.24) is 9.62 Å². The van der Waals surface area contributed by atoms with E-state index < -0.39 is 0 Å². The molecule has 1 N–H and O–H groups in total. The molecule has 1 amide bonds. The third-order valence-electron chi connectivity index (χ3n) is 1.58. The molecule has 0 radical (unpaired) electrons. The third-order valence-corrected chi connectivity index (χ3v) is 2.01. The van der Waals surface area contributed by atoms with Gasteiger partial charge in [0.15, 0.2) is 0 Å². The van der Waals surface area contributed by atoms with Gasteiger partial charge in [0.2, 0.25) is 5.91 Å². The Hall–Kier alpha value is -0.220. The molecule has 58 valence electrons. The van der Waals surface area contributed by atoms with Gasteiger partial charge in [0.25, 0.3) is 0 Å². The van der Waals surface area contributed by atoms with Crippen LogP contribution in [0.1, 0.15) is 6.42 Å². The van der Waals surface area contributed by atoms with Crippen LogP contribution in [0.4, 0.5) is 0 Å². The molecular weight excluding hydrogens is 148 g/mol. The number of hydrogen-bond donors (Lipinski definition) is 1. The van der Waals surface area contributed by atoms with Crippen LogP contribution in [0.3, 0.4) is 0 Å². The van der Waals surface area contributed by atoms with Crippen molar-refractivity contribution in [2.75, 3.05) is 25.9 Å². The maximum absolute atomic E-state index is 11.0. The predicted molar refractivity (Wildman–Crippen MR) is 42.7 cm³/mol. The Morgan fingerprint density at radius 1 is 1.70 bits per heavy atom. The highest BCUT2D eigenvalue weighted by molar-refractivity contribution is 7.96. The molecule has 0 spiro atoms. The summed E-state index contributed by atoms with van der Waals surface area (Å²) in [6, 6.07) is 0. The minimum absolute atomic E-state index is 0.223. The van der Waals surface area contributed by atoms with Crippen LogP contribution in [-0.2, 0) is 4.79 Å². The van der Waals surface area contributed by atoms with Gasteiger partial charge in [0.05, 0.1) is 6.54 Å². The summed E-state index contributed by atoms with van der Waals surface area (Å²) < 4.78 is 2.92. The van der Waals surface area contributed by atoms with Crippen molar-refractivity contribution in [2.45, 2.75) is 6.42 Å². The van der Waals surface area contributed by atoms with Gasteiger partial charge in [-0.05, 0) is 12.7 Å². The summed E-state index contributed by atoms with van der Waals surface area (Å²) in [5.74, 6) is 0.223. The van der Waals surface area contributed by atoms with Crippen LogP contribution in [0, 0.1) is 0 Å². The van der Waals surface area contributed by atoms with Crippen molar-refractivity contribution in [3.63, 3.8) is 0 Å². The van der Waals surface area contributed by atoms with Crippen LogP contribution in [0.25, 0.3) is 0 Å². The maximum Gasteiger partial charge on any atom is 0.237 e. The molecule has 0 aromatic rings. The third kappa shape index (κ3) is 1.88. The lowest BCUT2D eigenvalue weighted by Crippen LogP contribution is -2.45. The second-order valence-electron chi connectivity index (χ2n) is 2.26. The fourth-order valence-electron chi connectivity index (χ4n) is 0.811. The standard InChI is InChI=1S/C6H12N2OS/c1-10-7-5-6(9)8-3-2-4-8/h7H,2-5H2,1H3. The second-order valence-corrected chi connectivity index (χ2v) is 2.96. The highest BCUT2D eigenvalue weighted by atomic mass is 32.2. The summed E-state index contributed by atoms with van der Waals surface area (Å²) in [5, 5.41) is 0. The molecule has 1 saturated heterocycles. The van der Waals surface area contributed by atoms with Crippen LogP contribution in [0.15, 0.2) is 0 Å². The molecule has 0 saturated carbocycles. The number of amides is 1. The van der Waals surface area contributed by atoms with Crippen molar-refractivity contribution in [3.8, 4) is 0 Å². The van der Waals surface area contributed by atoms with Crippen molar-refractivity contribution >= 4 is 17.9 Å². The van der Waals surface area contributed by atoms with Crippen LogP contribution >= 0.6 is 11.9 Å². The van der Waals surface area contributed by atoms with Gasteiger partial charge < -0.3 is 4.90 Å². The molecule has 0 unspecified atom stereocenters. The fourth-order valence-corrected chi connectivity index (χ4v) is 1.08. The fraction of sp³-hybridized carbons (Fsp3) is 0.833. The SMILES string of the molecule is CSNCC(=O)N1CCC1. The summed E-state index contributed by atoms with van der Waals surface area (Å²) in [4.78, 5) is 12.9. The lowest BCUT2D eigenvalue weighted by Gasteiger charge is -2.30. The summed E-state index contributed by atoms with van der Waals surface area (Å²) in [7, 11) is 0. The first kappa shape index (κ1) is 7.88. The van der Waals surface area contributed by atoms with E-state index in [0.29, 0.717) is 6.54 Å². The Morgan fingerprint density at radius 2 is 2.40 bits per heavy atom. The van der Waals surface area contributed by atoms with E-state index in [-0.39, 0.29) is 5.91 Å². The molecule has 0 atom stereocenters. The zero-order valence-corrected chi connectivity index (χ0v) is 6.91. The van der Waals surface area contributed by atoms with Gasteiger partial charge in [0, 0.05) is 13.1 Å². The summed E-state index contributed by atoms with van der Waals surface area (Å²) in [6.07, 6.45) is 3.09. The highest BCUT2D eigenvalue weighted by Gasteiger charge is 2.18. The maximum atomic E-state index is 11.0. The van der Waals surface area contributed by atoms with E-state index in [4.69, 9.17) is 0 Å². The van der Waals surface area contributed by atoms with Crippen LogP contribution in [0.2, 0.25) is 0 Å². The Bertz CT molecular complexity index is 125. The van der Waals surface area contributed by atoms with Crippen molar-refractivity contribution in [2.24, 2.45) is 0 Å². The first-order valence-electron chi connectivity index (χ1n) is 3.38. The molecule has 3 nitrogen and oxygen atoms in total. The van der Waals surface area contributed by atoms with E-state index in [1.165, 1.54) is 18.4 Å². The van der Waals surface area contributed by atoms with E-state index in [1.54, 1.807) is 0 Å². The summed E-state index contributed by atoms with van der Waals surface area (Å²) in [5.41, 5.74) is 0. The Balaban J connectivity index is 2.08. The van der Waals surface area contributed by atoms with Crippen LogP contribution < -0.4 is 4.72 Å². The summed E-state index contributed by atoms with van der Waals surface area (Å²) in [6.45, 7) is 2.38. The molecule has 0 aromatic carbocycles. The van der Waals surface area contributed by atoms with Crippen molar-refractivity contribution in [3.05, 3.63) is 0 Å². The smallest absolute Gasteiger partial charge is 0.237 e. The molecule has 1 aliphatic heterocycles. The Kier molecular flexibility index (Phi) is 3.02. The molecule has 10 heavy (non-hydrogen) atoms. The quantitative estimate of drug-likeness (QED) is 0.594. The molecule has 1 rings (SSSR count). The van der Waals surface area contributed by atoms with Crippen LogP contribution in [0.5, 0.6) is 0 Å². The van der Waals surface area contributed by atoms with E-state index in [0.717, 1.165) is 13.1 Å². The topological polar surface area (TPSA) is 32.3 Å². The zero-order valence-electron chi connectivity index (χ0n) is 6.09. The Morgan fingerprint density at radius 3 is 2.80 bits per heavy atom. The number of carbonyl (C=O) groups is 1. The van der Waals surface area contributed by atoms with Gasteiger partial charge in [0.1, 0.15) is 0 Å². The number of hydrogen-bond acceptors (Lipinski definition) is 3. The zero-order chi connectivity index (χ0) is 7.40. The van der Waals surface area contributed by atoms with Gasteiger partial charge >= 0.3 is 0 Å². The molecule has 0 bridgehead atoms. The molecular formula is C6H12N2OS. The van der Waals surface area contributed by atoms with Gasteiger partial charge in [-0.25, -0.2) is 0 Å². The van der Waals surface area contributed by atoms with E-state index in [1.807, 2.05) is 11.2 Å². The van der Waals surface area contributed by atoms with E-state index in [9.17, 15) is 4.79 Å². The minimum atomic E-state index is 0.223. The minimum Gasteiger partial charge on any atom is -0.341 e. The average molecular weight is 160 g/mol. The first-order valence-corrected chi connectivity index (χ1v) is 4.60. The van der Waals surface area contributed by atoms with Crippen LogP contribution in [-0.4, -0.2) is 36.7 Å². The second kappa shape index (κ2) is 3.83. The molecule has 0 aromatic heterocycles. The number of carbonyl (C=O) groups excluding carboxylic acids is 1. The van der Waals surface area contributed by atoms with E-state index >= 15 is 0 Å². The molecule has 4 heteroatoms. The molecule has 1 aliphatic rings. The predicted octanol–water partition coefficient (Wildman–Crippen LogP) is 0.0863. The first-order chi connectivity index (χ1) is 4.84.